The number of ether oxygens (including phenoxy) is 1. The minimum absolute atomic E-state index is 0.407. The molecule has 3 N–H and O–H groups in total. The Morgan fingerprint density at radius 3 is 2.82 bits per heavy atom. The number of amidine groups is 1. The maximum absolute atomic E-state index is 11.2. The Labute approximate surface area is 136 Å². The number of nitrogens with zero attached hydrogens (tertiary/aromatic N) is 1. The maximum Gasteiger partial charge on any atom is 0.412 e. The second-order valence-electron chi connectivity index (χ2n) is 3.99. The number of hydrogen-bond acceptors (Lipinski definition) is 7. The van der Waals surface area contributed by atoms with E-state index in [0.29, 0.717) is 16.5 Å². The van der Waals surface area contributed by atoms with Gasteiger partial charge in [-0.2, -0.15) is 0 Å². The predicted molar refractivity (Wildman–Crippen MR) is 89.8 cm³/mol. The Morgan fingerprint density at radius 1 is 1.41 bits per heavy atom. The molecule has 0 saturated heterocycles. The lowest BCUT2D eigenvalue weighted by Crippen LogP contribution is -2.27. The zero-order valence-electron chi connectivity index (χ0n) is 12.0. The number of nitrogens with one attached hydrogen (secondary N) is 1. The summed E-state index contributed by atoms with van der Waals surface area (Å²) in [5.74, 6) is 0. The molecule has 0 aliphatic rings. The van der Waals surface area contributed by atoms with E-state index in [-0.39, 0.29) is 0 Å². The van der Waals surface area contributed by atoms with Gasteiger partial charge in [-0.15, -0.1) is 0 Å². The third kappa shape index (κ3) is 4.47. The maximum atomic E-state index is 11.2. The van der Waals surface area contributed by atoms with Crippen molar-refractivity contribution < 1.29 is 13.9 Å². The first kappa shape index (κ1) is 16.3. The van der Waals surface area contributed by atoms with E-state index in [1.807, 2.05) is 24.3 Å². The number of nitrogen functional groups attached to an aromatic ring is 1. The van der Waals surface area contributed by atoms with Gasteiger partial charge in [0, 0.05) is 4.90 Å². The van der Waals surface area contributed by atoms with Gasteiger partial charge >= 0.3 is 6.09 Å². The molecular formula is C14H15N3O3S2. The van der Waals surface area contributed by atoms with Gasteiger partial charge in [0.15, 0.2) is 10.3 Å². The monoisotopic (exact) mass is 337 g/mol. The molecule has 1 heterocycles. The van der Waals surface area contributed by atoms with Crippen LogP contribution in [0, 0.1) is 0 Å². The molecule has 2 rings (SSSR count). The fourth-order valence-corrected chi connectivity index (χ4v) is 2.69. The summed E-state index contributed by atoms with van der Waals surface area (Å²) in [6.45, 7) is 0. The molecular weight excluding hydrogens is 322 g/mol. The highest BCUT2D eigenvalue weighted by atomic mass is 32.2. The molecule has 6 nitrogen and oxygen atoms in total. The van der Waals surface area contributed by atoms with Crippen LogP contribution in [0.3, 0.4) is 0 Å². The van der Waals surface area contributed by atoms with Crippen LogP contribution in [0.4, 0.5) is 16.2 Å². The van der Waals surface area contributed by atoms with Crippen LogP contribution in [0.2, 0.25) is 0 Å². The minimum Gasteiger partial charge on any atom is -0.458 e. The minimum atomic E-state index is -0.573. The molecule has 0 atom stereocenters. The molecule has 0 saturated carbocycles. The number of aliphatic imine (C=N–C) groups is 1. The zero-order valence-corrected chi connectivity index (χ0v) is 13.7. The van der Waals surface area contributed by atoms with E-state index in [0.717, 1.165) is 9.99 Å². The van der Waals surface area contributed by atoms with E-state index in [1.54, 1.807) is 18.6 Å². The molecule has 0 fully saturated rings. The lowest BCUT2D eigenvalue weighted by molar-refractivity contribution is 0.177. The number of anilines is 1. The van der Waals surface area contributed by atoms with Crippen LogP contribution in [-0.4, -0.2) is 24.6 Å². The Kier molecular flexibility index (Phi) is 5.79. The van der Waals surface area contributed by atoms with Crippen LogP contribution < -0.4 is 11.1 Å². The van der Waals surface area contributed by atoms with Crippen molar-refractivity contribution in [3.05, 3.63) is 36.6 Å². The Morgan fingerprint density at radius 2 is 2.23 bits per heavy atom. The van der Waals surface area contributed by atoms with Gasteiger partial charge < -0.3 is 14.9 Å². The number of furan rings is 1. The third-order valence-electron chi connectivity index (χ3n) is 2.52. The van der Waals surface area contributed by atoms with Crippen molar-refractivity contribution in [2.75, 3.05) is 19.1 Å². The molecule has 2 aromatic rings. The van der Waals surface area contributed by atoms with E-state index >= 15 is 0 Å². The fraction of sp³-hybridized carbons (Fsp3) is 0.143. The van der Waals surface area contributed by atoms with Crippen molar-refractivity contribution in [3.63, 3.8) is 0 Å². The molecule has 22 heavy (non-hydrogen) atoms. The lowest BCUT2D eigenvalue weighted by atomic mass is 10.3. The number of methoxy groups -OCH3 is 1. The number of rotatable bonds is 3. The van der Waals surface area contributed by atoms with Gasteiger partial charge in [-0.05, 0) is 36.6 Å². The molecule has 0 aliphatic heterocycles. The molecule has 0 unspecified atom stereocenters. The van der Waals surface area contributed by atoms with Gasteiger partial charge in [0.25, 0.3) is 0 Å². The highest BCUT2D eigenvalue weighted by Crippen LogP contribution is 2.33. The second-order valence-corrected chi connectivity index (χ2v) is 5.87. The van der Waals surface area contributed by atoms with E-state index in [1.165, 1.54) is 30.6 Å². The first-order valence-corrected chi connectivity index (χ1v) is 8.25. The van der Waals surface area contributed by atoms with Crippen molar-refractivity contribution in [1.29, 1.82) is 0 Å². The Balaban J connectivity index is 2.16. The highest BCUT2D eigenvalue weighted by Gasteiger charge is 2.07. The SMILES string of the molecule is COC(=O)NC(=Nc1ccc(Sc2ccco2)cc1N)SC. The highest BCUT2D eigenvalue weighted by molar-refractivity contribution is 8.13. The van der Waals surface area contributed by atoms with Crippen molar-refractivity contribution in [1.82, 2.24) is 5.32 Å². The summed E-state index contributed by atoms with van der Waals surface area (Å²) in [5, 5.41) is 3.71. The predicted octanol–water partition coefficient (Wildman–Crippen LogP) is 3.72. The number of alkyl carbamates (subject to hydrolysis) is 1. The molecule has 0 spiro atoms. The van der Waals surface area contributed by atoms with E-state index < -0.39 is 6.09 Å². The number of benzene rings is 1. The van der Waals surface area contributed by atoms with Gasteiger partial charge in [0.2, 0.25) is 0 Å². The topological polar surface area (TPSA) is 89.8 Å². The molecule has 116 valence electrons. The van der Waals surface area contributed by atoms with Crippen LogP contribution in [0.1, 0.15) is 0 Å². The van der Waals surface area contributed by atoms with Crippen molar-refractivity contribution in [2.45, 2.75) is 9.99 Å². The number of hydrogen-bond donors (Lipinski definition) is 2. The first-order valence-electron chi connectivity index (χ1n) is 6.21. The number of carbonyl (C=O) groups excluding carboxylic acids is 1. The van der Waals surface area contributed by atoms with Crippen LogP contribution >= 0.6 is 23.5 Å². The Hall–Kier alpha value is -2.06. The number of thioether (sulfide) groups is 1. The van der Waals surface area contributed by atoms with Gasteiger partial charge in [-0.3, -0.25) is 5.32 Å². The largest absolute Gasteiger partial charge is 0.458 e. The molecule has 8 heteroatoms. The molecule has 0 bridgehead atoms. The summed E-state index contributed by atoms with van der Waals surface area (Å²) in [6, 6.07) is 9.18. The number of amides is 1. The summed E-state index contributed by atoms with van der Waals surface area (Å²) < 4.78 is 9.81. The summed E-state index contributed by atoms with van der Waals surface area (Å²) >= 11 is 2.75. The van der Waals surface area contributed by atoms with E-state index in [2.05, 4.69) is 15.0 Å². The summed E-state index contributed by atoms with van der Waals surface area (Å²) in [5.41, 5.74) is 7.10. The quantitative estimate of drug-likeness (QED) is 0.504. The van der Waals surface area contributed by atoms with Crippen LogP contribution in [0.15, 0.2) is 56.0 Å². The first-order chi connectivity index (χ1) is 10.6. The van der Waals surface area contributed by atoms with Crippen LogP contribution in [0.5, 0.6) is 0 Å². The fourth-order valence-electron chi connectivity index (χ4n) is 1.51. The molecule has 1 aromatic carbocycles. The van der Waals surface area contributed by atoms with Gasteiger partial charge in [0.1, 0.15) is 0 Å². The average Bonchev–Trinajstić information content (AvgIpc) is 3.01. The molecule has 0 radical (unpaired) electrons. The summed E-state index contributed by atoms with van der Waals surface area (Å²) in [4.78, 5) is 16.5. The third-order valence-corrected chi connectivity index (χ3v) is 4.03. The number of carbonyl (C=O) groups is 1. The molecule has 0 aliphatic carbocycles. The van der Waals surface area contributed by atoms with E-state index in [9.17, 15) is 4.79 Å². The van der Waals surface area contributed by atoms with Gasteiger partial charge in [-0.25, -0.2) is 9.79 Å². The smallest absolute Gasteiger partial charge is 0.412 e. The molecule has 1 amide bonds. The zero-order chi connectivity index (χ0) is 15.9. The van der Waals surface area contributed by atoms with Crippen LogP contribution in [-0.2, 0) is 4.74 Å². The normalized spacial score (nSPS) is 11.3. The van der Waals surface area contributed by atoms with Crippen molar-refractivity contribution >= 4 is 46.2 Å². The van der Waals surface area contributed by atoms with Gasteiger partial charge in [-0.1, -0.05) is 23.5 Å². The standard InChI is InChI=1S/C14H15N3O3S2/c1-19-14(18)17-13(21-2)16-11-6-5-9(8-10(11)15)22-12-4-3-7-20-12/h3-8H,15H2,1-2H3,(H,16,17,18). The number of nitrogens with two attached hydrogens (primary N) is 1. The van der Waals surface area contributed by atoms with Gasteiger partial charge in [0.05, 0.1) is 24.7 Å². The van der Waals surface area contributed by atoms with Crippen LogP contribution in [0.25, 0.3) is 0 Å². The average molecular weight is 337 g/mol. The Bertz CT molecular complexity index is 672. The summed E-state index contributed by atoms with van der Waals surface area (Å²) in [6.07, 6.45) is 2.84. The summed E-state index contributed by atoms with van der Waals surface area (Å²) in [7, 11) is 1.29. The second kappa shape index (κ2) is 7.81. The van der Waals surface area contributed by atoms with Crippen molar-refractivity contribution in [3.8, 4) is 0 Å². The molecule has 1 aromatic heterocycles. The van der Waals surface area contributed by atoms with E-state index in [4.69, 9.17) is 10.2 Å². The van der Waals surface area contributed by atoms with Crippen molar-refractivity contribution in [2.24, 2.45) is 4.99 Å². The lowest BCUT2D eigenvalue weighted by Gasteiger charge is -2.07.